The Morgan fingerprint density at radius 1 is 0.769 bits per heavy atom. The lowest BCUT2D eigenvalue weighted by Gasteiger charge is -2.05. The van der Waals surface area contributed by atoms with Crippen molar-refractivity contribution in [3.05, 3.63) is 30.6 Å². The summed E-state index contributed by atoms with van der Waals surface area (Å²) < 4.78 is 2.86. The highest BCUT2D eigenvalue weighted by molar-refractivity contribution is 5.60. The van der Waals surface area contributed by atoms with Gasteiger partial charge in [-0.15, -0.1) is 10.2 Å². The number of aliphatic hydroxyl groups excluding tert-OH is 4. The van der Waals surface area contributed by atoms with Gasteiger partial charge in [0.25, 0.3) is 0 Å². The van der Waals surface area contributed by atoms with Crippen molar-refractivity contribution in [2.75, 3.05) is 13.2 Å². The van der Waals surface area contributed by atoms with Gasteiger partial charge in [0.1, 0.15) is 11.4 Å². The first-order valence-electron chi connectivity index (χ1n) is 7.95. The van der Waals surface area contributed by atoms with Crippen LogP contribution in [0.2, 0.25) is 0 Å². The van der Waals surface area contributed by atoms with Crippen LogP contribution in [0.5, 0.6) is 0 Å². The summed E-state index contributed by atoms with van der Waals surface area (Å²) in [4.78, 5) is 4.48. The molecule has 0 saturated heterocycles. The van der Waals surface area contributed by atoms with E-state index in [4.69, 9.17) is 10.2 Å². The first kappa shape index (κ1) is 18.1. The Balaban J connectivity index is 1.78. The number of hydrogen-bond donors (Lipinski definition) is 4. The van der Waals surface area contributed by atoms with Crippen molar-refractivity contribution in [2.24, 2.45) is 0 Å². The monoisotopic (exact) mass is 361 g/mol. The Hall–Kier alpha value is -2.73. The average Bonchev–Trinajstić information content (AvgIpc) is 3.31. The molecule has 0 spiro atoms. The molecule has 0 aliphatic rings. The summed E-state index contributed by atoms with van der Waals surface area (Å²) in [6.45, 7) is -0.456. The van der Waals surface area contributed by atoms with E-state index in [0.29, 0.717) is 22.8 Å². The summed E-state index contributed by atoms with van der Waals surface area (Å²) in [6, 6.07) is 5.32. The Bertz CT molecular complexity index is 784. The summed E-state index contributed by atoms with van der Waals surface area (Å²) in [6.07, 6.45) is 1.43. The van der Waals surface area contributed by atoms with Crippen LogP contribution < -0.4 is 0 Å². The van der Waals surface area contributed by atoms with Crippen LogP contribution in [-0.2, 0) is 13.1 Å². The van der Waals surface area contributed by atoms with E-state index in [2.05, 4.69) is 25.6 Å². The predicted molar refractivity (Wildman–Crippen MR) is 88.5 cm³/mol. The average molecular weight is 361 g/mol. The molecule has 0 aromatic carbocycles. The number of nitrogens with zero attached hydrogens (tertiary/aromatic N) is 7. The largest absolute Gasteiger partial charge is 0.394 e. The highest BCUT2D eigenvalue weighted by atomic mass is 16.3. The van der Waals surface area contributed by atoms with Crippen LogP contribution in [0.1, 0.15) is 0 Å². The molecule has 0 radical (unpaired) electrons. The third-order valence-electron chi connectivity index (χ3n) is 3.57. The third-order valence-corrected chi connectivity index (χ3v) is 3.57. The zero-order valence-electron chi connectivity index (χ0n) is 13.8. The molecule has 4 N–H and O–H groups in total. The van der Waals surface area contributed by atoms with Gasteiger partial charge in [-0.2, -0.15) is 0 Å². The molecule has 0 aliphatic carbocycles. The zero-order chi connectivity index (χ0) is 18.5. The SMILES string of the molecule is OCC(O)Cn1cc(-c2cccc(-c3cn(CC(O)CO)nn3)n2)nn1. The molecule has 0 aliphatic heterocycles. The fourth-order valence-corrected chi connectivity index (χ4v) is 2.28. The standard InChI is InChI=1S/C15H19N7O4/c23-8-10(25)4-21-6-14(17-19-21)12-2-1-3-13(16-12)15-7-22(20-18-15)5-11(26)9-24/h1-3,6-7,10-11,23-26H,4-5,8-9H2. The lowest BCUT2D eigenvalue weighted by Crippen LogP contribution is -2.20. The van der Waals surface area contributed by atoms with Crippen LogP contribution in [0.15, 0.2) is 30.6 Å². The maximum atomic E-state index is 9.46. The zero-order valence-corrected chi connectivity index (χ0v) is 13.8. The molecule has 2 unspecified atom stereocenters. The second kappa shape index (κ2) is 8.10. The first-order chi connectivity index (χ1) is 12.6. The van der Waals surface area contributed by atoms with E-state index in [9.17, 15) is 10.2 Å². The van der Waals surface area contributed by atoms with Gasteiger partial charge in [-0.25, -0.2) is 14.3 Å². The molecule has 26 heavy (non-hydrogen) atoms. The maximum Gasteiger partial charge on any atom is 0.131 e. The van der Waals surface area contributed by atoms with Crippen LogP contribution in [0, 0.1) is 0 Å². The van der Waals surface area contributed by atoms with Gasteiger partial charge < -0.3 is 20.4 Å². The molecule has 11 heteroatoms. The highest BCUT2D eigenvalue weighted by Gasteiger charge is 2.12. The number of hydrogen-bond acceptors (Lipinski definition) is 9. The third kappa shape index (κ3) is 4.26. The normalized spacial score (nSPS) is 13.7. The van der Waals surface area contributed by atoms with Crippen molar-refractivity contribution in [2.45, 2.75) is 25.3 Å². The number of aliphatic hydroxyl groups is 4. The van der Waals surface area contributed by atoms with Crippen LogP contribution in [-0.4, -0.2) is 80.8 Å². The summed E-state index contributed by atoms with van der Waals surface area (Å²) in [5.74, 6) is 0. The van der Waals surface area contributed by atoms with Crippen LogP contribution >= 0.6 is 0 Å². The molecular weight excluding hydrogens is 342 g/mol. The molecule has 138 valence electrons. The van der Waals surface area contributed by atoms with Gasteiger partial charge in [0.15, 0.2) is 0 Å². The molecular formula is C15H19N7O4. The molecule has 0 saturated carbocycles. The second-order valence-electron chi connectivity index (χ2n) is 5.73. The van der Waals surface area contributed by atoms with Crippen LogP contribution in [0.4, 0.5) is 0 Å². The second-order valence-corrected chi connectivity index (χ2v) is 5.73. The lowest BCUT2D eigenvalue weighted by molar-refractivity contribution is 0.0777. The topological polar surface area (TPSA) is 155 Å². The van der Waals surface area contributed by atoms with Gasteiger partial charge in [-0.3, -0.25) is 0 Å². The van der Waals surface area contributed by atoms with Gasteiger partial charge in [0, 0.05) is 0 Å². The van der Waals surface area contributed by atoms with E-state index in [1.165, 1.54) is 9.36 Å². The van der Waals surface area contributed by atoms with Crippen molar-refractivity contribution >= 4 is 0 Å². The molecule has 3 rings (SSSR count). The predicted octanol–water partition coefficient (Wildman–Crippen LogP) is -1.69. The Morgan fingerprint density at radius 3 is 1.65 bits per heavy atom. The number of rotatable bonds is 8. The van der Waals surface area contributed by atoms with Crippen molar-refractivity contribution in [3.63, 3.8) is 0 Å². The minimum absolute atomic E-state index is 0.130. The van der Waals surface area contributed by atoms with E-state index < -0.39 is 12.2 Å². The summed E-state index contributed by atoms with van der Waals surface area (Å²) in [7, 11) is 0. The summed E-state index contributed by atoms with van der Waals surface area (Å²) in [5.41, 5.74) is 2.16. The molecule has 3 aromatic rings. The Kier molecular flexibility index (Phi) is 5.63. The van der Waals surface area contributed by atoms with E-state index >= 15 is 0 Å². The molecule has 11 nitrogen and oxygen atoms in total. The first-order valence-corrected chi connectivity index (χ1v) is 7.95. The molecule has 0 bridgehead atoms. The molecule has 0 amide bonds. The quantitative estimate of drug-likeness (QED) is 0.367. The van der Waals surface area contributed by atoms with Crippen molar-refractivity contribution < 1.29 is 20.4 Å². The summed E-state index contributed by atoms with van der Waals surface area (Å²) >= 11 is 0. The van der Waals surface area contributed by atoms with Gasteiger partial charge >= 0.3 is 0 Å². The van der Waals surface area contributed by atoms with Crippen molar-refractivity contribution in [1.29, 1.82) is 0 Å². The van der Waals surface area contributed by atoms with Crippen LogP contribution in [0.25, 0.3) is 22.8 Å². The number of pyridine rings is 1. The lowest BCUT2D eigenvalue weighted by atomic mass is 10.2. The van der Waals surface area contributed by atoms with E-state index in [1.54, 1.807) is 30.6 Å². The highest BCUT2D eigenvalue weighted by Crippen LogP contribution is 2.19. The molecule has 3 heterocycles. The smallest absolute Gasteiger partial charge is 0.131 e. The number of aromatic nitrogens is 7. The Labute approximate surface area is 148 Å². The van der Waals surface area contributed by atoms with Gasteiger partial charge in [-0.05, 0) is 12.1 Å². The van der Waals surface area contributed by atoms with Gasteiger partial charge in [-0.1, -0.05) is 16.5 Å². The van der Waals surface area contributed by atoms with Crippen LogP contribution in [0.3, 0.4) is 0 Å². The van der Waals surface area contributed by atoms with E-state index in [1.807, 2.05) is 0 Å². The molecule has 0 fully saturated rings. The fraction of sp³-hybridized carbons (Fsp3) is 0.400. The van der Waals surface area contributed by atoms with Crippen molar-refractivity contribution in [1.82, 2.24) is 35.0 Å². The molecule has 2 atom stereocenters. The van der Waals surface area contributed by atoms with E-state index in [0.717, 1.165) is 0 Å². The van der Waals surface area contributed by atoms with E-state index in [-0.39, 0.29) is 26.3 Å². The van der Waals surface area contributed by atoms with Gasteiger partial charge in [0.2, 0.25) is 0 Å². The fourth-order valence-electron chi connectivity index (χ4n) is 2.28. The molecule has 3 aromatic heterocycles. The maximum absolute atomic E-state index is 9.46. The summed E-state index contributed by atoms with van der Waals surface area (Å²) in [5, 5.41) is 52.5. The minimum Gasteiger partial charge on any atom is -0.394 e. The van der Waals surface area contributed by atoms with Crippen molar-refractivity contribution in [3.8, 4) is 22.8 Å². The van der Waals surface area contributed by atoms with Gasteiger partial charge in [0.05, 0.1) is 62.3 Å². The minimum atomic E-state index is -0.909. The Morgan fingerprint density at radius 2 is 1.23 bits per heavy atom.